The molecule has 3 heteroatoms. The standard InChI is InChI=1S/C8H20O2Si/c1-6-9-8(10-7-2)11(3,4)5/h8H,6-7H2,1-5H3. The van der Waals surface area contributed by atoms with Gasteiger partial charge in [0.1, 0.15) is 14.0 Å². The second kappa shape index (κ2) is 4.90. The highest BCUT2D eigenvalue weighted by molar-refractivity contribution is 6.76. The van der Waals surface area contributed by atoms with Gasteiger partial charge in [-0.3, -0.25) is 0 Å². The third-order valence-corrected chi connectivity index (χ3v) is 3.09. The minimum absolute atomic E-state index is 0.0671. The Kier molecular flexibility index (Phi) is 4.96. The van der Waals surface area contributed by atoms with Crippen LogP contribution >= 0.6 is 0 Å². The lowest BCUT2D eigenvalue weighted by Crippen LogP contribution is -2.42. The molecule has 0 unspecified atom stereocenters. The van der Waals surface area contributed by atoms with Crippen LogP contribution in [0, 0.1) is 0 Å². The monoisotopic (exact) mass is 176 g/mol. The predicted octanol–water partition coefficient (Wildman–Crippen LogP) is 2.26. The van der Waals surface area contributed by atoms with Crippen molar-refractivity contribution >= 4 is 8.07 Å². The van der Waals surface area contributed by atoms with Gasteiger partial charge in [0.25, 0.3) is 0 Å². The van der Waals surface area contributed by atoms with E-state index in [1.54, 1.807) is 0 Å². The maximum absolute atomic E-state index is 5.49. The van der Waals surface area contributed by atoms with Crippen molar-refractivity contribution in [3.8, 4) is 0 Å². The molecule has 0 amide bonds. The summed E-state index contributed by atoms with van der Waals surface area (Å²) in [6, 6.07) is 0. The first-order valence-electron chi connectivity index (χ1n) is 4.25. The molecule has 11 heavy (non-hydrogen) atoms. The van der Waals surface area contributed by atoms with Crippen LogP contribution in [0.4, 0.5) is 0 Å². The molecule has 0 aromatic heterocycles. The summed E-state index contributed by atoms with van der Waals surface area (Å²) in [7, 11) is -1.27. The van der Waals surface area contributed by atoms with Gasteiger partial charge in [-0.15, -0.1) is 0 Å². The third-order valence-electron chi connectivity index (χ3n) is 1.34. The Bertz CT molecular complexity index is 92.8. The van der Waals surface area contributed by atoms with Gasteiger partial charge in [0.15, 0.2) is 0 Å². The normalized spacial score (nSPS) is 12.5. The van der Waals surface area contributed by atoms with E-state index in [4.69, 9.17) is 9.47 Å². The minimum atomic E-state index is -1.27. The number of ether oxygens (including phenoxy) is 2. The van der Waals surface area contributed by atoms with E-state index in [9.17, 15) is 0 Å². The fourth-order valence-electron chi connectivity index (χ4n) is 0.851. The molecule has 0 saturated carbocycles. The predicted molar refractivity (Wildman–Crippen MR) is 50.4 cm³/mol. The first kappa shape index (κ1) is 11.1. The second-order valence-corrected chi connectivity index (χ2v) is 8.81. The molecule has 0 fully saturated rings. The maximum Gasteiger partial charge on any atom is 0.140 e. The SMILES string of the molecule is CCOC(OCC)[Si](C)(C)C. The number of rotatable bonds is 5. The van der Waals surface area contributed by atoms with Gasteiger partial charge in [0.05, 0.1) is 0 Å². The molecule has 0 spiro atoms. The van der Waals surface area contributed by atoms with Crippen molar-refractivity contribution in [1.82, 2.24) is 0 Å². The molecule has 0 aliphatic rings. The van der Waals surface area contributed by atoms with E-state index in [1.807, 2.05) is 13.8 Å². The largest absolute Gasteiger partial charge is 0.357 e. The van der Waals surface area contributed by atoms with Crippen molar-refractivity contribution < 1.29 is 9.47 Å². The highest BCUT2D eigenvalue weighted by atomic mass is 28.3. The molecule has 0 aromatic carbocycles. The minimum Gasteiger partial charge on any atom is -0.357 e. The summed E-state index contributed by atoms with van der Waals surface area (Å²) in [6.07, 6.45) is 0. The lowest BCUT2D eigenvalue weighted by atomic mass is 10.8. The van der Waals surface area contributed by atoms with Crippen LogP contribution in [0.5, 0.6) is 0 Å². The molecule has 0 rings (SSSR count). The van der Waals surface area contributed by atoms with Crippen LogP contribution in [0.3, 0.4) is 0 Å². The molecule has 0 aliphatic carbocycles. The van der Waals surface area contributed by atoms with E-state index < -0.39 is 8.07 Å². The molecule has 0 heterocycles. The average Bonchev–Trinajstić information content (AvgIpc) is 1.85. The summed E-state index contributed by atoms with van der Waals surface area (Å²) < 4.78 is 11.0. The first-order valence-corrected chi connectivity index (χ1v) is 7.83. The van der Waals surface area contributed by atoms with Gasteiger partial charge in [-0.2, -0.15) is 0 Å². The molecular formula is C8H20O2Si. The Morgan fingerprint density at radius 2 is 1.36 bits per heavy atom. The zero-order valence-electron chi connectivity index (χ0n) is 8.31. The lowest BCUT2D eigenvalue weighted by Gasteiger charge is -2.27. The second-order valence-electron chi connectivity index (χ2n) is 3.61. The Hall–Kier alpha value is 0.137. The quantitative estimate of drug-likeness (QED) is 0.472. The van der Waals surface area contributed by atoms with Crippen molar-refractivity contribution in [3.05, 3.63) is 0 Å². The smallest absolute Gasteiger partial charge is 0.140 e. The molecule has 2 nitrogen and oxygen atoms in total. The van der Waals surface area contributed by atoms with Gasteiger partial charge in [-0.1, -0.05) is 19.6 Å². The zero-order chi connectivity index (χ0) is 8.91. The highest BCUT2D eigenvalue weighted by Crippen LogP contribution is 2.12. The van der Waals surface area contributed by atoms with Gasteiger partial charge in [0, 0.05) is 13.2 Å². The van der Waals surface area contributed by atoms with Gasteiger partial charge in [-0.05, 0) is 13.8 Å². The molecule has 0 aliphatic heterocycles. The molecular weight excluding hydrogens is 156 g/mol. The highest BCUT2D eigenvalue weighted by Gasteiger charge is 2.27. The number of hydrogen-bond acceptors (Lipinski definition) is 2. The van der Waals surface area contributed by atoms with Gasteiger partial charge in [0.2, 0.25) is 0 Å². The van der Waals surface area contributed by atoms with Crippen molar-refractivity contribution in [2.45, 2.75) is 39.4 Å². The lowest BCUT2D eigenvalue weighted by molar-refractivity contribution is -0.0877. The summed E-state index contributed by atoms with van der Waals surface area (Å²) in [5.74, 6) is 0.0671. The fraction of sp³-hybridized carbons (Fsp3) is 1.00. The maximum atomic E-state index is 5.49. The topological polar surface area (TPSA) is 18.5 Å². The fourth-order valence-corrected chi connectivity index (χ4v) is 2.18. The molecule has 0 saturated heterocycles. The molecule has 0 N–H and O–H groups in total. The number of hydrogen-bond donors (Lipinski definition) is 0. The summed E-state index contributed by atoms with van der Waals surface area (Å²) in [5.41, 5.74) is 0. The van der Waals surface area contributed by atoms with Crippen LogP contribution in [0.1, 0.15) is 13.8 Å². The summed E-state index contributed by atoms with van der Waals surface area (Å²) in [6.45, 7) is 12.3. The zero-order valence-corrected chi connectivity index (χ0v) is 9.31. The summed E-state index contributed by atoms with van der Waals surface area (Å²) >= 11 is 0. The molecule has 0 radical (unpaired) electrons. The van der Waals surface area contributed by atoms with Gasteiger partial charge >= 0.3 is 0 Å². The van der Waals surface area contributed by atoms with E-state index in [0.717, 1.165) is 13.2 Å². The Balaban J connectivity index is 3.88. The summed E-state index contributed by atoms with van der Waals surface area (Å²) in [4.78, 5) is 0. The van der Waals surface area contributed by atoms with Gasteiger partial charge in [-0.25, -0.2) is 0 Å². The van der Waals surface area contributed by atoms with Crippen LogP contribution in [0.25, 0.3) is 0 Å². The van der Waals surface area contributed by atoms with Crippen molar-refractivity contribution in [1.29, 1.82) is 0 Å². The Morgan fingerprint density at radius 3 is 1.55 bits per heavy atom. The van der Waals surface area contributed by atoms with E-state index in [-0.39, 0.29) is 5.91 Å². The molecule has 0 aromatic rings. The average molecular weight is 176 g/mol. The van der Waals surface area contributed by atoms with E-state index in [1.165, 1.54) is 0 Å². The van der Waals surface area contributed by atoms with Crippen LogP contribution in [-0.2, 0) is 9.47 Å². The third kappa shape index (κ3) is 4.56. The van der Waals surface area contributed by atoms with Crippen LogP contribution in [0.15, 0.2) is 0 Å². The van der Waals surface area contributed by atoms with Crippen molar-refractivity contribution in [3.63, 3.8) is 0 Å². The van der Waals surface area contributed by atoms with E-state index >= 15 is 0 Å². The van der Waals surface area contributed by atoms with Crippen LogP contribution < -0.4 is 0 Å². The summed E-state index contributed by atoms with van der Waals surface area (Å²) in [5, 5.41) is 0. The van der Waals surface area contributed by atoms with Gasteiger partial charge < -0.3 is 9.47 Å². The van der Waals surface area contributed by atoms with E-state index in [2.05, 4.69) is 19.6 Å². The van der Waals surface area contributed by atoms with Crippen molar-refractivity contribution in [2.75, 3.05) is 13.2 Å². The molecule has 0 bridgehead atoms. The molecule has 0 atom stereocenters. The van der Waals surface area contributed by atoms with E-state index in [0.29, 0.717) is 0 Å². The Labute approximate surface area is 70.9 Å². The first-order chi connectivity index (χ1) is 5.02. The Morgan fingerprint density at radius 1 is 1.00 bits per heavy atom. The van der Waals surface area contributed by atoms with Crippen molar-refractivity contribution in [2.24, 2.45) is 0 Å². The van der Waals surface area contributed by atoms with Crippen LogP contribution in [0.2, 0.25) is 19.6 Å². The molecule has 68 valence electrons. The van der Waals surface area contributed by atoms with Crippen LogP contribution in [-0.4, -0.2) is 27.2 Å².